The van der Waals surface area contributed by atoms with Crippen molar-refractivity contribution in [1.29, 1.82) is 0 Å². The molecule has 0 radical (unpaired) electrons. The number of aliphatic imine (C=N–C) groups is 1. The average Bonchev–Trinajstić information content (AvgIpc) is 3.42. The summed E-state index contributed by atoms with van der Waals surface area (Å²) in [5.74, 6) is 1.42. The topological polar surface area (TPSA) is 59.6 Å². The fraction of sp³-hybridized carbons (Fsp3) is 0.350. The highest BCUT2D eigenvalue weighted by molar-refractivity contribution is 6.30. The Morgan fingerprint density at radius 1 is 1.24 bits per heavy atom. The molecule has 1 atom stereocenters. The summed E-state index contributed by atoms with van der Waals surface area (Å²) >= 11 is 6.13. The first-order chi connectivity index (χ1) is 12.2. The van der Waals surface area contributed by atoms with Crippen molar-refractivity contribution in [2.75, 3.05) is 13.2 Å². The number of ether oxygens (including phenoxy) is 1. The van der Waals surface area contributed by atoms with Gasteiger partial charge in [0.2, 0.25) is 0 Å². The number of nitrogens with two attached hydrogens (primary N) is 1. The van der Waals surface area contributed by atoms with Crippen molar-refractivity contribution in [3.8, 4) is 5.75 Å². The SMILES string of the molecule is NC(=NCC1(c2cccc(Cl)c2)CC1)NC1CCOc2ccccc21. The lowest BCUT2D eigenvalue weighted by atomic mass is 9.96. The largest absolute Gasteiger partial charge is 0.493 e. The van der Waals surface area contributed by atoms with Gasteiger partial charge < -0.3 is 15.8 Å². The molecule has 3 N–H and O–H groups in total. The molecule has 0 spiro atoms. The van der Waals surface area contributed by atoms with E-state index in [2.05, 4.69) is 22.4 Å². The molecule has 1 heterocycles. The van der Waals surface area contributed by atoms with E-state index in [1.807, 2.05) is 36.4 Å². The Bertz CT molecular complexity index is 801. The number of benzene rings is 2. The summed E-state index contributed by atoms with van der Waals surface area (Å²) in [6.45, 7) is 1.38. The van der Waals surface area contributed by atoms with Gasteiger partial charge >= 0.3 is 0 Å². The maximum Gasteiger partial charge on any atom is 0.189 e. The number of nitrogens with zero attached hydrogens (tertiary/aromatic N) is 1. The van der Waals surface area contributed by atoms with Crippen LogP contribution in [-0.4, -0.2) is 19.1 Å². The molecule has 130 valence electrons. The van der Waals surface area contributed by atoms with Crippen molar-refractivity contribution in [3.63, 3.8) is 0 Å². The van der Waals surface area contributed by atoms with Crippen molar-refractivity contribution < 1.29 is 4.74 Å². The van der Waals surface area contributed by atoms with Gasteiger partial charge in [0.05, 0.1) is 19.2 Å². The van der Waals surface area contributed by atoms with E-state index >= 15 is 0 Å². The van der Waals surface area contributed by atoms with Crippen LogP contribution >= 0.6 is 11.6 Å². The Labute approximate surface area is 153 Å². The fourth-order valence-electron chi connectivity index (χ4n) is 3.46. The molecular weight excluding hydrogens is 334 g/mol. The summed E-state index contributed by atoms with van der Waals surface area (Å²) in [7, 11) is 0. The Morgan fingerprint density at radius 2 is 2.08 bits per heavy atom. The van der Waals surface area contributed by atoms with Crippen molar-refractivity contribution >= 4 is 17.6 Å². The van der Waals surface area contributed by atoms with Gasteiger partial charge in [-0.1, -0.05) is 41.9 Å². The zero-order chi connectivity index (χ0) is 17.3. The number of halogens is 1. The smallest absolute Gasteiger partial charge is 0.189 e. The third kappa shape index (κ3) is 3.45. The molecule has 1 aliphatic carbocycles. The lowest BCUT2D eigenvalue weighted by Gasteiger charge is -2.27. The molecule has 4 nitrogen and oxygen atoms in total. The predicted octanol–water partition coefficient (Wildman–Crippen LogP) is 3.80. The van der Waals surface area contributed by atoms with Crippen LogP contribution in [0.15, 0.2) is 53.5 Å². The molecule has 1 aliphatic heterocycles. The van der Waals surface area contributed by atoms with Gasteiger partial charge in [-0.3, -0.25) is 4.99 Å². The highest BCUT2D eigenvalue weighted by Crippen LogP contribution is 2.48. The molecule has 0 bridgehead atoms. The van der Waals surface area contributed by atoms with E-state index < -0.39 is 0 Å². The van der Waals surface area contributed by atoms with E-state index in [0.717, 1.165) is 35.6 Å². The van der Waals surface area contributed by atoms with Gasteiger partial charge in [-0.05, 0) is 36.6 Å². The van der Waals surface area contributed by atoms with E-state index in [9.17, 15) is 0 Å². The normalized spacial score (nSPS) is 21.2. The van der Waals surface area contributed by atoms with Crippen LogP contribution in [0.1, 0.15) is 36.4 Å². The van der Waals surface area contributed by atoms with E-state index in [1.165, 1.54) is 5.56 Å². The first-order valence-corrected chi connectivity index (χ1v) is 9.08. The number of fused-ring (bicyclic) bond motifs is 1. The summed E-state index contributed by atoms with van der Waals surface area (Å²) in [6.07, 6.45) is 3.14. The second-order valence-electron chi connectivity index (χ2n) is 6.86. The molecule has 0 saturated heterocycles. The summed E-state index contributed by atoms with van der Waals surface area (Å²) < 4.78 is 5.70. The molecule has 5 heteroatoms. The Morgan fingerprint density at radius 3 is 2.88 bits per heavy atom. The van der Waals surface area contributed by atoms with Crippen LogP contribution in [0.4, 0.5) is 0 Å². The molecule has 25 heavy (non-hydrogen) atoms. The van der Waals surface area contributed by atoms with Crippen molar-refractivity contribution in [3.05, 3.63) is 64.7 Å². The van der Waals surface area contributed by atoms with E-state index in [4.69, 9.17) is 22.1 Å². The quantitative estimate of drug-likeness (QED) is 0.647. The molecule has 0 aromatic heterocycles. The van der Waals surface area contributed by atoms with Gasteiger partial charge in [0.15, 0.2) is 5.96 Å². The van der Waals surface area contributed by atoms with Crippen LogP contribution < -0.4 is 15.8 Å². The van der Waals surface area contributed by atoms with Crippen LogP contribution in [0.3, 0.4) is 0 Å². The van der Waals surface area contributed by atoms with Gasteiger partial charge in [-0.2, -0.15) is 0 Å². The third-order valence-corrected chi connectivity index (χ3v) is 5.36. The highest BCUT2D eigenvalue weighted by Gasteiger charge is 2.44. The minimum Gasteiger partial charge on any atom is -0.493 e. The third-order valence-electron chi connectivity index (χ3n) is 5.12. The number of para-hydroxylation sites is 1. The second-order valence-corrected chi connectivity index (χ2v) is 7.30. The van der Waals surface area contributed by atoms with Gasteiger partial charge in [0.1, 0.15) is 5.75 Å². The van der Waals surface area contributed by atoms with E-state index in [-0.39, 0.29) is 11.5 Å². The molecule has 1 unspecified atom stereocenters. The molecule has 0 amide bonds. The summed E-state index contributed by atoms with van der Waals surface area (Å²) in [5.41, 5.74) is 8.68. The van der Waals surface area contributed by atoms with Crippen molar-refractivity contribution in [2.24, 2.45) is 10.7 Å². The lowest BCUT2D eigenvalue weighted by Crippen LogP contribution is -2.37. The van der Waals surface area contributed by atoms with Gasteiger partial charge in [0, 0.05) is 22.4 Å². The first-order valence-electron chi connectivity index (χ1n) is 8.71. The number of rotatable bonds is 4. The van der Waals surface area contributed by atoms with Crippen molar-refractivity contribution in [2.45, 2.75) is 30.7 Å². The minimum atomic E-state index is 0.102. The van der Waals surface area contributed by atoms with Crippen LogP contribution in [0, 0.1) is 0 Å². The standard InChI is InChI=1S/C20H22ClN3O/c21-15-5-3-4-14(12-15)20(9-10-20)13-23-19(22)24-17-8-11-25-18-7-2-1-6-16(17)18/h1-7,12,17H,8-11,13H2,(H3,22,23,24). The van der Waals surface area contributed by atoms with Crippen LogP contribution in [0.25, 0.3) is 0 Å². The maximum atomic E-state index is 6.18. The fourth-order valence-corrected chi connectivity index (χ4v) is 3.65. The minimum absolute atomic E-state index is 0.102. The average molecular weight is 356 g/mol. The molecule has 2 aliphatic rings. The van der Waals surface area contributed by atoms with E-state index in [0.29, 0.717) is 19.1 Å². The van der Waals surface area contributed by atoms with Gasteiger partial charge in [-0.25, -0.2) is 0 Å². The van der Waals surface area contributed by atoms with Gasteiger partial charge in [0.25, 0.3) is 0 Å². The zero-order valence-corrected chi connectivity index (χ0v) is 14.8. The molecule has 4 rings (SSSR count). The summed E-state index contributed by atoms with van der Waals surface area (Å²) in [4.78, 5) is 4.63. The number of hydrogen-bond acceptors (Lipinski definition) is 2. The number of nitrogens with one attached hydrogen (secondary N) is 1. The Kier molecular flexibility index (Phi) is 4.30. The Hall–Kier alpha value is -2.20. The van der Waals surface area contributed by atoms with Crippen LogP contribution in [0.5, 0.6) is 5.75 Å². The molecule has 2 aromatic carbocycles. The molecule has 1 fully saturated rings. The number of guanidine groups is 1. The van der Waals surface area contributed by atoms with Crippen LogP contribution in [-0.2, 0) is 5.41 Å². The van der Waals surface area contributed by atoms with E-state index in [1.54, 1.807) is 0 Å². The molecular formula is C20H22ClN3O. The Balaban J connectivity index is 1.45. The molecule has 2 aromatic rings. The molecule has 1 saturated carbocycles. The maximum absolute atomic E-state index is 6.18. The van der Waals surface area contributed by atoms with Gasteiger partial charge in [-0.15, -0.1) is 0 Å². The predicted molar refractivity (Wildman–Crippen MR) is 101 cm³/mol. The first kappa shape index (κ1) is 16.3. The van der Waals surface area contributed by atoms with Crippen LogP contribution in [0.2, 0.25) is 5.02 Å². The number of hydrogen-bond donors (Lipinski definition) is 2. The summed E-state index contributed by atoms with van der Waals surface area (Å²) in [6, 6.07) is 16.3. The van der Waals surface area contributed by atoms with Crippen molar-refractivity contribution in [1.82, 2.24) is 5.32 Å². The monoisotopic (exact) mass is 355 g/mol. The summed E-state index contributed by atoms with van der Waals surface area (Å²) in [5, 5.41) is 4.14. The lowest BCUT2D eigenvalue weighted by molar-refractivity contribution is 0.262. The zero-order valence-electron chi connectivity index (χ0n) is 14.0. The second kappa shape index (κ2) is 6.60. The highest BCUT2D eigenvalue weighted by atomic mass is 35.5.